The van der Waals surface area contributed by atoms with Gasteiger partial charge in [0.15, 0.2) is 5.72 Å². The molecule has 1 aromatic carbocycles. The third-order valence-electron chi connectivity index (χ3n) is 3.16. The quantitative estimate of drug-likeness (QED) is 0.812. The zero-order chi connectivity index (χ0) is 13.2. The second kappa shape index (κ2) is 4.59. The van der Waals surface area contributed by atoms with E-state index in [1.165, 1.54) is 0 Å². The average molecular weight is 238 g/mol. The standard InChI is InChI=1S/C15H14N2O/c1-4-14-13(10-17-15(14,2)18-3)12-7-5-11(9-16)6-8-12/h4-8,10H,1H2,2-3H3. The summed E-state index contributed by atoms with van der Waals surface area (Å²) in [5, 5.41) is 8.79. The molecule has 1 aliphatic heterocycles. The first-order valence-corrected chi connectivity index (χ1v) is 5.62. The van der Waals surface area contributed by atoms with Crippen LogP contribution in [0, 0.1) is 11.3 Å². The molecule has 0 spiro atoms. The fraction of sp³-hybridized carbons (Fsp3) is 0.200. The van der Waals surface area contributed by atoms with E-state index in [0.717, 1.165) is 16.7 Å². The second-order valence-corrected chi connectivity index (χ2v) is 4.17. The first-order chi connectivity index (χ1) is 8.64. The summed E-state index contributed by atoms with van der Waals surface area (Å²) < 4.78 is 5.42. The van der Waals surface area contributed by atoms with Gasteiger partial charge in [-0.1, -0.05) is 24.8 Å². The van der Waals surface area contributed by atoms with Crippen molar-refractivity contribution in [2.75, 3.05) is 7.11 Å². The normalized spacial score (nSPS) is 22.1. The molecule has 3 heteroatoms. The van der Waals surface area contributed by atoms with E-state index in [4.69, 9.17) is 10.00 Å². The predicted octanol–water partition coefficient (Wildman–Crippen LogP) is 2.94. The molecule has 2 rings (SSSR count). The van der Waals surface area contributed by atoms with Crippen molar-refractivity contribution in [1.29, 1.82) is 5.26 Å². The lowest BCUT2D eigenvalue weighted by Gasteiger charge is -2.21. The van der Waals surface area contributed by atoms with E-state index in [0.29, 0.717) is 5.56 Å². The number of aliphatic imine (C=N–C) groups is 1. The second-order valence-electron chi connectivity index (χ2n) is 4.17. The van der Waals surface area contributed by atoms with Crippen LogP contribution in [0.25, 0.3) is 5.57 Å². The molecule has 0 saturated heterocycles. The van der Waals surface area contributed by atoms with Crippen LogP contribution in [0.2, 0.25) is 0 Å². The molecule has 90 valence electrons. The first kappa shape index (κ1) is 12.3. The maximum Gasteiger partial charge on any atom is 0.182 e. The van der Waals surface area contributed by atoms with Crippen molar-refractivity contribution in [2.45, 2.75) is 12.6 Å². The van der Waals surface area contributed by atoms with Crippen LogP contribution in [0.3, 0.4) is 0 Å². The molecule has 0 fully saturated rings. The van der Waals surface area contributed by atoms with Gasteiger partial charge in [0.2, 0.25) is 0 Å². The fourth-order valence-corrected chi connectivity index (χ4v) is 1.99. The monoisotopic (exact) mass is 238 g/mol. The number of methoxy groups -OCH3 is 1. The van der Waals surface area contributed by atoms with Crippen molar-refractivity contribution >= 4 is 11.8 Å². The Balaban J connectivity index is 2.50. The molecule has 1 heterocycles. The molecule has 1 aromatic rings. The number of ether oxygens (including phenoxy) is 1. The highest BCUT2D eigenvalue weighted by atomic mass is 16.5. The van der Waals surface area contributed by atoms with Crippen LogP contribution in [0.1, 0.15) is 18.1 Å². The zero-order valence-electron chi connectivity index (χ0n) is 10.5. The number of benzene rings is 1. The van der Waals surface area contributed by atoms with Gasteiger partial charge in [0.1, 0.15) is 0 Å². The third-order valence-corrected chi connectivity index (χ3v) is 3.16. The number of nitrogens with zero attached hydrogens (tertiary/aromatic N) is 2. The molecule has 0 aliphatic carbocycles. The van der Waals surface area contributed by atoms with Crippen LogP contribution in [-0.4, -0.2) is 19.0 Å². The summed E-state index contributed by atoms with van der Waals surface area (Å²) >= 11 is 0. The number of allylic oxidation sites excluding steroid dienone is 1. The van der Waals surface area contributed by atoms with Gasteiger partial charge < -0.3 is 4.74 Å². The average Bonchev–Trinajstić information content (AvgIpc) is 2.76. The Hall–Kier alpha value is -2.18. The van der Waals surface area contributed by atoms with Gasteiger partial charge in [-0.15, -0.1) is 0 Å². The van der Waals surface area contributed by atoms with Gasteiger partial charge in [0, 0.05) is 24.5 Å². The van der Waals surface area contributed by atoms with Gasteiger partial charge in [-0.25, -0.2) is 0 Å². The summed E-state index contributed by atoms with van der Waals surface area (Å²) in [7, 11) is 1.63. The molecular formula is C15H14N2O. The van der Waals surface area contributed by atoms with E-state index in [1.807, 2.05) is 19.1 Å². The van der Waals surface area contributed by atoms with Crippen molar-refractivity contribution in [3.8, 4) is 6.07 Å². The van der Waals surface area contributed by atoms with E-state index in [1.54, 1.807) is 31.5 Å². The largest absolute Gasteiger partial charge is 0.353 e. The van der Waals surface area contributed by atoms with E-state index in [2.05, 4.69) is 17.6 Å². The van der Waals surface area contributed by atoms with Gasteiger partial charge in [0.25, 0.3) is 0 Å². The smallest absolute Gasteiger partial charge is 0.182 e. The minimum absolute atomic E-state index is 0.643. The molecule has 18 heavy (non-hydrogen) atoms. The minimum atomic E-state index is -0.662. The molecular weight excluding hydrogens is 224 g/mol. The van der Waals surface area contributed by atoms with Crippen molar-refractivity contribution in [1.82, 2.24) is 0 Å². The molecule has 1 unspecified atom stereocenters. The van der Waals surface area contributed by atoms with E-state index in [9.17, 15) is 0 Å². The van der Waals surface area contributed by atoms with Crippen molar-refractivity contribution in [3.63, 3.8) is 0 Å². The number of rotatable bonds is 3. The van der Waals surface area contributed by atoms with Gasteiger partial charge in [-0.3, -0.25) is 4.99 Å². The maximum absolute atomic E-state index is 8.79. The maximum atomic E-state index is 8.79. The summed E-state index contributed by atoms with van der Waals surface area (Å²) in [5.74, 6) is 0. The Morgan fingerprint density at radius 2 is 2.06 bits per heavy atom. The molecule has 0 N–H and O–H groups in total. The Morgan fingerprint density at radius 3 is 2.56 bits per heavy atom. The lowest BCUT2D eigenvalue weighted by molar-refractivity contribution is 0.0527. The number of hydrogen-bond acceptors (Lipinski definition) is 3. The highest BCUT2D eigenvalue weighted by Gasteiger charge is 2.32. The first-order valence-electron chi connectivity index (χ1n) is 5.62. The van der Waals surface area contributed by atoms with Gasteiger partial charge in [-0.2, -0.15) is 5.26 Å². The summed E-state index contributed by atoms with van der Waals surface area (Å²) in [6.07, 6.45) is 3.56. The Kier molecular flexibility index (Phi) is 3.14. The van der Waals surface area contributed by atoms with E-state index < -0.39 is 5.72 Å². The molecule has 0 saturated carbocycles. The van der Waals surface area contributed by atoms with Gasteiger partial charge >= 0.3 is 0 Å². The fourth-order valence-electron chi connectivity index (χ4n) is 1.99. The van der Waals surface area contributed by atoms with Crippen LogP contribution in [0.4, 0.5) is 0 Å². The van der Waals surface area contributed by atoms with Crippen LogP contribution in [0.15, 0.2) is 47.5 Å². The topological polar surface area (TPSA) is 45.4 Å². The molecule has 1 atom stereocenters. The predicted molar refractivity (Wildman–Crippen MR) is 72.2 cm³/mol. The van der Waals surface area contributed by atoms with Crippen LogP contribution in [-0.2, 0) is 4.74 Å². The molecule has 0 aromatic heterocycles. The number of nitriles is 1. The SMILES string of the molecule is C=CC1=C(c2ccc(C#N)cc2)C=NC1(C)OC. The van der Waals surface area contributed by atoms with Crippen LogP contribution in [0.5, 0.6) is 0 Å². The van der Waals surface area contributed by atoms with E-state index >= 15 is 0 Å². The molecule has 0 amide bonds. The van der Waals surface area contributed by atoms with Crippen molar-refractivity contribution < 1.29 is 4.74 Å². The van der Waals surface area contributed by atoms with Crippen molar-refractivity contribution in [2.24, 2.45) is 4.99 Å². The molecule has 0 radical (unpaired) electrons. The summed E-state index contributed by atoms with van der Waals surface area (Å²) in [6, 6.07) is 9.50. The Morgan fingerprint density at radius 1 is 1.39 bits per heavy atom. The molecule has 3 nitrogen and oxygen atoms in total. The van der Waals surface area contributed by atoms with E-state index in [-0.39, 0.29) is 0 Å². The van der Waals surface area contributed by atoms with Crippen molar-refractivity contribution in [3.05, 3.63) is 53.6 Å². The highest BCUT2D eigenvalue weighted by Crippen LogP contribution is 2.35. The highest BCUT2D eigenvalue weighted by molar-refractivity contribution is 6.14. The minimum Gasteiger partial charge on any atom is -0.353 e. The van der Waals surface area contributed by atoms with Crippen LogP contribution < -0.4 is 0 Å². The number of hydrogen-bond donors (Lipinski definition) is 0. The summed E-state index contributed by atoms with van der Waals surface area (Å²) in [5.41, 5.74) is 2.91. The molecule has 0 bridgehead atoms. The van der Waals surface area contributed by atoms with Gasteiger partial charge in [0.05, 0.1) is 11.6 Å². The zero-order valence-corrected chi connectivity index (χ0v) is 10.5. The lowest BCUT2D eigenvalue weighted by Crippen LogP contribution is -2.24. The van der Waals surface area contributed by atoms with Gasteiger partial charge in [-0.05, 0) is 24.6 Å². The Labute approximate surface area is 107 Å². The third kappa shape index (κ3) is 1.87. The summed E-state index contributed by atoms with van der Waals surface area (Å²) in [6.45, 7) is 5.73. The van der Waals surface area contributed by atoms with Crippen LogP contribution >= 0.6 is 0 Å². The molecule has 1 aliphatic rings. The lowest BCUT2D eigenvalue weighted by atomic mass is 9.96. The Bertz CT molecular complexity index is 576. The summed E-state index contributed by atoms with van der Waals surface area (Å²) in [4.78, 5) is 4.38.